The first-order valence-corrected chi connectivity index (χ1v) is 9.96. The van der Waals surface area contributed by atoms with Crippen molar-refractivity contribution < 1.29 is 13.2 Å². The van der Waals surface area contributed by atoms with Crippen LogP contribution >= 0.6 is 15.9 Å². The van der Waals surface area contributed by atoms with Gasteiger partial charge in [-0.1, -0.05) is 0 Å². The van der Waals surface area contributed by atoms with E-state index >= 15 is 0 Å². The highest BCUT2D eigenvalue weighted by Crippen LogP contribution is 2.17. The van der Waals surface area contributed by atoms with Crippen LogP contribution in [0.4, 0.5) is 5.82 Å². The largest absolute Gasteiger partial charge is 0.310 e. The van der Waals surface area contributed by atoms with E-state index in [0.29, 0.717) is 18.9 Å². The van der Waals surface area contributed by atoms with Crippen LogP contribution in [0.3, 0.4) is 0 Å². The first-order valence-electron chi connectivity index (χ1n) is 7.32. The molecule has 1 amide bonds. The molecule has 0 unspecified atom stereocenters. The second-order valence-electron chi connectivity index (χ2n) is 5.70. The minimum absolute atomic E-state index is 0.0115. The predicted molar refractivity (Wildman–Crippen MR) is 92.6 cm³/mol. The monoisotopic (exact) mass is 404 g/mol. The van der Waals surface area contributed by atoms with E-state index in [2.05, 4.69) is 26.2 Å². The van der Waals surface area contributed by atoms with Crippen molar-refractivity contribution in [3.8, 4) is 0 Å². The molecule has 1 N–H and O–H groups in total. The van der Waals surface area contributed by atoms with E-state index in [-0.39, 0.29) is 18.5 Å². The van der Waals surface area contributed by atoms with Gasteiger partial charge in [-0.3, -0.25) is 9.69 Å². The summed E-state index contributed by atoms with van der Waals surface area (Å²) in [6.07, 6.45) is 4.31. The maximum atomic E-state index is 12.0. The van der Waals surface area contributed by atoms with Gasteiger partial charge in [-0.05, 0) is 40.9 Å². The first kappa shape index (κ1) is 18.3. The molecule has 9 heteroatoms. The Bertz CT molecular complexity index is 642. The van der Waals surface area contributed by atoms with Gasteiger partial charge in [0.1, 0.15) is 5.82 Å². The van der Waals surface area contributed by atoms with Crippen molar-refractivity contribution >= 4 is 37.7 Å². The average molecular weight is 405 g/mol. The summed E-state index contributed by atoms with van der Waals surface area (Å²) in [7, 11) is -1.55. The topological polar surface area (TPSA) is 82.6 Å². The van der Waals surface area contributed by atoms with Crippen LogP contribution in [0.5, 0.6) is 0 Å². The number of carbonyl (C=O) groups excluding carboxylic acids is 1. The summed E-state index contributed by atoms with van der Waals surface area (Å²) in [5, 5.41) is 2.76. The Balaban J connectivity index is 1.80. The standard InChI is InChI=1S/C14H21BrN4O3S/c1-18(23(2,21)22)12-5-7-19(8-6-12)10-14(20)17-13-4-3-11(15)9-16-13/h3-4,9,12H,5-8,10H2,1-2H3,(H,16,17,20). The molecule has 0 spiro atoms. The predicted octanol–water partition coefficient (Wildman–Crippen LogP) is 1.14. The molecule has 1 aromatic rings. The third kappa shape index (κ3) is 5.52. The van der Waals surface area contributed by atoms with E-state index in [1.807, 2.05) is 11.0 Å². The molecular weight excluding hydrogens is 384 g/mol. The van der Waals surface area contributed by atoms with Crippen LogP contribution in [-0.2, 0) is 14.8 Å². The molecule has 2 rings (SSSR count). The van der Waals surface area contributed by atoms with Crippen LogP contribution in [0.2, 0.25) is 0 Å². The number of aromatic nitrogens is 1. The molecule has 1 fully saturated rings. The number of sulfonamides is 1. The molecule has 1 saturated heterocycles. The summed E-state index contributed by atoms with van der Waals surface area (Å²) in [5.74, 6) is 0.402. The highest BCUT2D eigenvalue weighted by Gasteiger charge is 2.27. The molecule has 0 saturated carbocycles. The van der Waals surface area contributed by atoms with E-state index in [0.717, 1.165) is 17.3 Å². The third-order valence-electron chi connectivity index (χ3n) is 3.96. The lowest BCUT2D eigenvalue weighted by Gasteiger charge is -2.35. The second kappa shape index (κ2) is 7.69. The van der Waals surface area contributed by atoms with Crippen LogP contribution in [-0.4, -0.2) is 67.5 Å². The summed E-state index contributed by atoms with van der Waals surface area (Å²) in [5.41, 5.74) is 0. The van der Waals surface area contributed by atoms with E-state index < -0.39 is 10.0 Å². The van der Waals surface area contributed by atoms with Gasteiger partial charge >= 0.3 is 0 Å². The van der Waals surface area contributed by atoms with Gasteiger partial charge in [-0.15, -0.1) is 0 Å². The number of anilines is 1. The van der Waals surface area contributed by atoms with E-state index in [1.54, 1.807) is 19.3 Å². The van der Waals surface area contributed by atoms with Gasteiger partial charge in [0.25, 0.3) is 0 Å². The number of carbonyl (C=O) groups is 1. The molecule has 0 aliphatic carbocycles. The SMILES string of the molecule is CN(C1CCN(CC(=O)Nc2ccc(Br)cn2)CC1)S(C)(=O)=O. The molecule has 128 valence electrons. The Morgan fingerprint density at radius 1 is 1.43 bits per heavy atom. The lowest BCUT2D eigenvalue weighted by molar-refractivity contribution is -0.117. The van der Waals surface area contributed by atoms with Crippen molar-refractivity contribution in [1.82, 2.24) is 14.2 Å². The van der Waals surface area contributed by atoms with Gasteiger partial charge in [0.15, 0.2) is 0 Å². The Morgan fingerprint density at radius 3 is 2.61 bits per heavy atom. The number of hydrogen-bond acceptors (Lipinski definition) is 5. The number of pyridine rings is 1. The number of nitrogens with zero attached hydrogens (tertiary/aromatic N) is 3. The second-order valence-corrected chi connectivity index (χ2v) is 8.65. The van der Waals surface area contributed by atoms with Gasteiger partial charge in [0, 0.05) is 36.8 Å². The third-order valence-corrected chi connectivity index (χ3v) is 5.77. The lowest BCUT2D eigenvalue weighted by atomic mass is 10.1. The minimum atomic E-state index is -3.16. The van der Waals surface area contributed by atoms with Crippen LogP contribution < -0.4 is 5.32 Å². The molecular formula is C14H21BrN4O3S. The molecule has 23 heavy (non-hydrogen) atoms. The van der Waals surface area contributed by atoms with Gasteiger partial charge in [-0.25, -0.2) is 17.7 Å². The molecule has 0 radical (unpaired) electrons. The zero-order valence-electron chi connectivity index (χ0n) is 13.2. The maximum absolute atomic E-state index is 12.0. The maximum Gasteiger partial charge on any atom is 0.239 e. The van der Waals surface area contributed by atoms with Crippen LogP contribution in [0.1, 0.15) is 12.8 Å². The zero-order valence-corrected chi connectivity index (χ0v) is 15.6. The molecule has 0 atom stereocenters. The molecule has 1 aliphatic rings. The highest BCUT2D eigenvalue weighted by atomic mass is 79.9. The van der Waals surface area contributed by atoms with Gasteiger partial charge < -0.3 is 5.32 Å². The zero-order chi connectivity index (χ0) is 17.0. The van der Waals surface area contributed by atoms with Crippen molar-refractivity contribution in [2.45, 2.75) is 18.9 Å². The quantitative estimate of drug-likeness (QED) is 0.795. The fraction of sp³-hybridized carbons (Fsp3) is 0.571. The van der Waals surface area contributed by atoms with E-state index in [9.17, 15) is 13.2 Å². The first-order chi connectivity index (χ1) is 10.8. The van der Waals surface area contributed by atoms with E-state index in [1.165, 1.54) is 10.6 Å². The van der Waals surface area contributed by atoms with E-state index in [4.69, 9.17) is 0 Å². The molecule has 0 bridgehead atoms. The molecule has 0 aromatic carbocycles. The Labute approximate surface area is 145 Å². The van der Waals surface area contributed by atoms with Crippen molar-refractivity contribution in [3.05, 3.63) is 22.8 Å². The summed E-state index contributed by atoms with van der Waals surface area (Å²) in [6, 6.07) is 3.56. The van der Waals surface area contributed by atoms with Gasteiger partial charge in [0.2, 0.25) is 15.9 Å². The molecule has 1 aliphatic heterocycles. The van der Waals surface area contributed by atoms with Crippen LogP contribution in [0.25, 0.3) is 0 Å². The summed E-state index contributed by atoms with van der Waals surface area (Å²) >= 11 is 3.29. The normalized spacial score (nSPS) is 17.4. The van der Waals surface area contributed by atoms with Crippen molar-refractivity contribution in [2.24, 2.45) is 0 Å². The number of halogens is 1. The minimum Gasteiger partial charge on any atom is -0.310 e. The van der Waals surface area contributed by atoms with Gasteiger partial charge in [0.05, 0.1) is 12.8 Å². The number of likely N-dealkylation sites (tertiary alicyclic amines) is 1. The summed E-state index contributed by atoms with van der Waals surface area (Å²) in [4.78, 5) is 18.2. The molecule has 7 nitrogen and oxygen atoms in total. The lowest BCUT2D eigenvalue weighted by Crippen LogP contribution is -2.47. The smallest absolute Gasteiger partial charge is 0.239 e. The van der Waals surface area contributed by atoms with Crippen LogP contribution in [0.15, 0.2) is 22.8 Å². The van der Waals surface area contributed by atoms with Gasteiger partial charge in [-0.2, -0.15) is 0 Å². The Kier molecular flexibility index (Phi) is 6.12. The highest BCUT2D eigenvalue weighted by molar-refractivity contribution is 9.10. The number of nitrogens with one attached hydrogen (secondary N) is 1. The fourth-order valence-electron chi connectivity index (χ4n) is 2.55. The average Bonchev–Trinajstić information content (AvgIpc) is 2.49. The van der Waals surface area contributed by atoms with Crippen molar-refractivity contribution in [1.29, 1.82) is 0 Å². The van der Waals surface area contributed by atoms with Crippen LogP contribution in [0, 0.1) is 0 Å². The summed E-state index contributed by atoms with van der Waals surface area (Å²) in [6.45, 7) is 1.68. The number of hydrogen-bond donors (Lipinski definition) is 1. The molecule has 1 aromatic heterocycles. The van der Waals surface area contributed by atoms with Crippen molar-refractivity contribution in [2.75, 3.05) is 38.3 Å². The summed E-state index contributed by atoms with van der Waals surface area (Å²) < 4.78 is 25.4. The van der Waals surface area contributed by atoms with Crippen molar-refractivity contribution in [3.63, 3.8) is 0 Å². The number of piperidine rings is 1. The fourth-order valence-corrected chi connectivity index (χ4v) is 3.53. The number of rotatable bonds is 5. The molecule has 2 heterocycles. The Morgan fingerprint density at radius 2 is 2.09 bits per heavy atom. The Hall–Kier alpha value is -1.03. The number of amides is 1.